The van der Waals surface area contributed by atoms with Crippen molar-refractivity contribution < 1.29 is 0 Å². The number of fused-ring (bicyclic) bond motifs is 1. The SMILES string of the molecule is Nc1ccc2c(c1)SCCS2. The third kappa shape index (κ3) is 1.49. The largest absolute Gasteiger partial charge is 0.399 e. The monoisotopic (exact) mass is 183 g/mol. The topological polar surface area (TPSA) is 26.0 Å². The van der Waals surface area contributed by atoms with Crippen LogP contribution in [0.4, 0.5) is 5.69 Å². The zero-order valence-corrected chi connectivity index (χ0v) is 7.67. The summed E-state index contributed by atoms with van der Waals surface area (Å²) in [6.45, 7) is 0. The average molecular weight is 183 g/mol. The molecule has 0 aliphatic carbocycles. The van der Waals surface area contributed by atoms with Gasteiger partial charge in [-0.05, 0) is 18.2 Å². The summed E-state index contributed by atoms with van der Waals surface area (Å²) in [6.07, 6.45) is 0. The molecule has 0 fully saturated rings. The predicted octanol–water partition coefficient (Wildman–Crippen LogP) is 2.47. The van der Waals surface area contributed by atoms with Crippen molar-refractivity contribution in [2.45, 2.75) is 9.79 Å². The second-order valence-corrected chi connectivity index (χ2v) is 4.68. The number of benzene rings is 1. The highest BCUT2D eigenvalue weighted by Crippen LogP contribution is 2.37. The molecule has 1 aliphatic rings. The van der Waals surface area contributed by atoms with Gasteiger partial charge < -0.3 is 5.73 Å². The van der Waals surface area contributed by atoms with Gasteiger partial charge in [-0.15, -0.1) is 23.5 Å². The van der Waals surface area contributed by atoms with Crippen molar-refractivity contribution in [3.05, 3.63) is 18.2 Å². The quantitative estimate of drug-likeness (QED) is 0.626. The summed E-state index contributed by atoms with van der Waals surface area (Å²) in [7, 11) is 0. The van der Waals surface area contributed by atoms with Crippen molar-refractivity contribution in [2.75, 3.05) is 17.2 Å². The van der Waals surface area contributed by atoms with E-state index in [-0.39, 0.29) is 0 Å². The van der Waals surface area contributed by atoms with Gasteiger partial charge in [0.25, 0.3) is 0 Å². The number of hydrogen-bond acceptors (Lipinski definition) is 3. The normalized spacial score (nSPS) is 16.0. The maximum atomic E-state index is 5.66. The van der Waals surface area contributed by atoms with Gasteiger partial charge in [-0.25, -0.2) is 0 Å². The van der Waals surface area contributed by atoms with Crippen molar-refractivity contribution >= 4 is 29.2 Å². The Labute approximate surface area is 74.7 Å². The summed E-state index contributed by atoms with van der Waals surface area (Å²) < 4.78 is 0. The molecular formula is C8H9NS2. The van der Waals surface area contributed by atoms with E-state index in [1.807, 2.05) is 29.6 Å². The fraction of sp³-hybridized carbons (Fsp3) is 0.250. The Morgan fingerprint density at radius 1 is 1.09 bits per heavy atom. The number of thioether (sulfide) groups is 2. The Bertz CT molecular complexity index is 273. The van der Waals surface area contributed by atoms with Gasteiger partial charge in [0.05, 0.1) is 0 Å². The molecule has 0 unspecified atom stereocenters. The van der Waals surface area contributed by atoms with Gasteiger partial charge >= 0.3 is 0 Å². The van der Waals surface area contributed by atoms with Gasteiger partial charge in [0.1, 0.15) is 0 Å². The number of nitrogen functional groups attached to an aromatic ring is 1. The molecule has 0 radical (unpaired) electrons. The third-order valence-electron chi connectivity index (χ3n) is 1.57. The molecule has 2 N–H and O–H groups in total. The van der Waals surface area contributed by atoms with E-state index >= 15 is 0 Å². The maximum Gasteiger partial charge on any atom is 0.0326 e. The summed E-state index contributed by atoms with van der Waals surface area (Å²) in [5.41, 5.74) is 6.53. The van der Waals surface area contributed by atoms with Crippen molar-refractivity contribution in [3.63, 3.8) is 0 Å². The molecule has 0 aromatic heterocycles. The van der Waals surface area contributed by atoms with Crippen LogP contribution in [0.15, 0.2) is 28.0 Å². The van der Waals surface area contributed by atoms with Crippen LogP contribution in [0.1, 0.15) is 0 Å². The van der Waals surface area contributed by atoms with Crippen molar-refractivity contribution in [1.29, 1.82) is 0 Å². The van der Waals surface area contributed by atoms with Crippen LogP contribution in [0.3, 0.4) is 0 Å². The highest BCUT2D eigenvalue weighted by Gasteiger charge is 2.09. The van der Waals surface area contributed by atoms with Gasteiger partial charge in [0, 0.05) is 27.0 Å². The second-order valence-electron chi connectivity index (χ2n) is 2.40. The summed E-state index contributed by atoms with van der Waals surface area (Å²) >= 11 is 3.82. The third-order valence-corrected chi connectivity index (χ3v) is 4.09. The van der Waals surface area contributed by atoms with E-state index in [0.717, 1.165) is 5.69 Å². The summed E-state index contributed by atoms with van der Waals surface area (Å²) in [5, 5.41) is 0. The van der Waals surface area contributed by atoms with E-state index in [0.29, 0.717) is 0 Å². The molecule has 58 valence electrons. The molecule has 0 spiro atoms. The summed E-state index contributed by atoms with van der Waals surface area (Å²) in [4.78, 5) is 2.73. The van der Waals surface area contributed by atoms with Crippen LogP contribution in [0.2, 0.25) is 0 Å². The van der Waals surface area contributed by atoms with Crippen LogP contribution in [-0.2, 0) is 0 Å². The molecule has 0 saturated carbocycles. The zero-order chi connectivity index (χ0) is 7.68. The van der Waals surface area contributed by atoms with Gasteiger partial charge in [-0.1, -0.05) is 0 Å². The van der Waals surface area contributed by atoms with Gasteiger partial charge in [0.15, 0.2) is 0 Å². The maximum absolute atomic E-state index is 5.66. The Kier molecular flexibility index (Phi) is 2.00. The highest BCUT2D eigenvalue weighted by atomic mass is 32.2. The Balaban J connectivity index is 2.43. The van der Waals surface area contributed by atoms with E-state index in [1.165, 1.54) is 21.3 Å². The lowest BCUT2D eigenvalue weighted by Gasteiger charge is -2.14. The second kappa shape index (κ2) is 2.99. The van der Waals surface area contributed by atoms with Crippen LogP contribution in [0, 0.1) is 0 Å². The molecule has 1 nitrogen and oxygen atoms in total. The van der Waals surface area contributed by atoms with E-state index in [4.69, 9.17) is 5.73 Å². The molecule has 0 saturated heterocycles. The standard InChI is InChI=1S/C8H9NS2/c9-6-1-2-7-8(5-6)11-4-3-10-7/h1-2,5H,3-4,9H2. The Morgan fingerprint density at radius 2 is 1.82 bits per heavy atom. The summed E-state index contributed by atoms with van der Waals surface area (Å²) in [5.74, 6) is 2.43. The fourth-order valence-corrected chi connectivity index (χ4v) is 3.32. The van der Waals surface area contributed by atoms with Crippen LogP contribution < -0.4 is 5.73 Å². The van der Waals surface area contributed by atoms with Gasteiger partial charge in [-0.2, -0.15) is 0 Å². The van der Waals surface area contributed by atoms with E-state index < -0.39 is 0 Å². The van der Waals surface area contributed by atoms with E-state index in [9.17, 15) is 0 Å². The number of rotatable bonds is 0. The van der Waals surface area contributed by atoms with E-state index in [1.54, 1.807) is 0 Å². The predicted molar refractivity (Wildman–Crippen MR) is 52.3 cm³/mol. The van der Waals surface area contributed by atoms with Crippen molar-refractivity contribution in [2.24, 2.45) is 0 Å². The lowest BCUT2D eigenvalue weighted by molar-refractivity contribution is 1.23. The number of nitrogens with two attached hydrogens (primary N) is 1. The van der Waals surface area contributed by atoms with Gasteiger partial charge in [0.2, 0.25) is 0 Å². The fourth-order valence-electron chi connectivity index (χ4n) is 1.06. The molecule has 0 bridgehead atoms. The van der Waals surface area contributed by atoms with Crippen molar-refractivity contribution in [3.8, 4) is 0 Å². The molecular weight excluding hydrogens is 174 g/mol. The molecule has 1 aromatic rings. The average Bonchev–Trinajstić information content (AvgIpc) is 2.04. The molecule has 3 heteroatoms. The van der Waals surface area contributed by atoms with Crippen LogP contribution >= 0.6 is 23.5 Å². The molecule has 1 aromatic carbocycles. The number of hydrogen-bond donors (Lipinski definition) is 1. The Morgan fingerprint density at radius 3 is 2.64 bits per heavy atom. The molecule has 1 aliphatic heterocycles. The lowest BCUT2D eigenvalue weighted by atomic mass is 10.3. The minimum Gasteiger partial charge on any atom is -0.399 e. The molecule has 0 amide bonds. The molecule has 2 rings (SSSR count). The van der Waals surface area contributed by atoms with Crippen LogP contribution in [-0.4, -0.2) is 11.5 Å². The van der Waals surface area contributed by atoms with Crippen LogP contribution in [0.25, 0.3) is 0 Å². The summed E-state index contributed by atoms with van der Waals surface area (Å²) in [6, 6.07) is 6.14. The van der Waals surface area contributed by atoms with Crippen LogP contribution in [0.5, 0.6) is 0 Å². The van der Waals surface area contributed by atoms with Gasteiger partial charge in [-0.3, -0.25) is 0 Å². The number of anilines is 1. The molecule has 1 heterocycles. The Hall–Kier alpha value is -0.280. The lowest BCUT2D eigenvalue weighted by Crippen LogP contribution is -1.94. The van der Waals surface area contributed by atoms with Crippen molar-refractivity contribution in [1.82, 2.24) is 0 Å². The first kappa shape index (κ1) is 7.37. The first-order valence-electron chi connectivity index (χ1n) is 3.51. The molecule has 0 atom stereocenters. The minimum atomic E-state index is 0.874. The van der Waals surface area contributed by atoms with E-state index in [2.05, 4.69) is 12.1 Å². The first-order valence-corrected chi connectivity index (χ1v) is 5.48. The highest BCUT2D eigenvalue weighted by molar-refractivity contribution is 8.05. The smallest absolute Gasteiger partial charge is 0.0326 e. The first-order chi connectivity index (χ1) is 5.36. The zero-order valence-electron chi connectivity index (χ0n) is 6.04. The minimum absolute atomic E-state index is 0.874. The molecule has 11 heavy (non-hydrogen) atoms.